The highest BCUT2D eigenvalue weighted by atomic mass is 32.1. The van der Waals surface area contributed by atoms with Gasteiger partial charge in [0.25, 0.3) is 11.8 Å². The molecule has 2 aromatic carbocycles. The fourth-order valence-electron chi connectivity index (χ4n) is 4.07. The van der Waals surface area contributed by atoms with Crippen molar-refractivity contribution in [1.82, 2.24) is 9.88 Å². The molecule has 1 aromatic heterocycles. The predicted molar refractivity (Wildman–Crippen MR) is 126 cm³/mol. The van der Waals surface area contributed by atoms with Crippen LogP contribution in [0, 0.1) is 0 Å². The second kappa shape index (κ2) is 9.11. The number of methoxy groups -OCH3 is 1. The highest BCUT2D eigenvalue weighted by Gasteiger charge is 2.28. The number of rotatable bonds is 5. The molecule has 1 saturated heterocycles. The van der Waals surface area contributed by atoms with E-state index in [4.69, 9.17) is 9.47 Å². The summed E-state index contributed by atoms with van der Waals surface area (Å²) in [6.45, 7) is 3.11. The molecule has 170 valence electrons. The van der Waals surface area contributed by atoms with Crippen LogP contribution in [0.3, 0.4) is 0 Å². The quantitative estimate of drug-likeness (QED) is 0.578. The van der Waals surface area contributed by atoms with Gasteiger partial charge in [-0.1, -0.05) is 12.1 Å². The third kappa shape index (κ3) is 4.36. The molecule has 2 aliphatic rings. The van der Waals surface area contributed by atoms with Crippen LogP contribution in [0.1, 0.15) is 15.5 Å². The molecule has 2 amide bonds. The van der Waals surface area contributed by atoms with Crippen LogP contribution in [0.2, 0.25) is 0 Å². The Labute approximate surface area is 196 Å². The molecule has 5 rings (SSSR count). The molecule has 3 aromatic rings. The molecule has 0 radical (unpaired) electrons. The first-order valence-corrected chi connectivity index (χ1v) is 11.7. The maximum Gasteiger partial charge on any atom is 0.273 e. The van der Waals surface area contributed by atoms with E-state index in [1.54, 1.807) is 17.4 Å². The number of hydrogen-bond acceptors (Lipinski definition) is 7. The molecule has 3 heterocycles. The molecule has 33 heavy (non-hydrogen) atoms. The Hall–Kier alpha value is -3.59. The van der Waals surface area contributed by atoms with Crippen LogP contribution in [0.15, 0.2) is 53.9 Å². The second-order valence-electron chi connectivity index (χ2n) is 7.84. The van der Waals surface area contributed by atoms with Gasteiger partial charge in [0.1, 0.15) is 22.2 Å². The fourth-order valence-corrected chi connectivity index (χ4v) is 4.82. The maximum absolute atomic E-state index is 13.0. The van der Waals surface area contributed by atoms with Gasteiger partial charge < -0.3 is 19.3 Å². The van der Waals surface area contributed by atoms with Crippen LogP contribution in [0.4, 0.5) is 11.4 Å². The van der Waals surface area contributed by atoms with Gasteiger partial charge in [0.2, 0.25) is 0 Å². The van der Waals surface area contributed by atoms with Crippen molar-refractivity contribution in [3.05, 3.63) is 64.6 Å². The van der Waals surface area contributed by atoms with Crippen molar-refractivity contribution in [3.8, 4) is 11.5 Å². The lowest BCUT2D eigenvalue weighted by Gasteiger charge is -2.35. The zero-order chi connectivity index (χ0) is 22.8. The molecular weight excluding hydrogens is 440 g/mol. The molecule has 0 N–H and O–H groups in total. The highest BCUT2D eigenvalue weighted by molar-refractivity contribution is 7.09. The Bertz CT molecular complexity index is 1160. The molecule has 0 atom stereocenters. The normalized spacial score (nSPS) is 15.8. The summed E-state index contributed by atoms with van der Waals surface area (Å²) in [7, 11) is 1.65. The first-order chi connectivity index (χ1) is 16.1. The number of carbonyl (C=O) groups excluding carboxylic acids is 2. The summed E-state index contributed by atoms with van der Waals surface area (Å²) >= 11 is 1.40. The molecule has 0 saturated carbocycles. The monoisotopic (exact) mass is 464 g/mol. The van der Waals surface area contributed by atoms with Crippen LogP contribution < -0.4 is 19.3 Å². The third-order valence-corrected chi connectivity index (χ3v) is 6.71. The highest BCUT2D eigenvalue weighted by Crippen LogP contribution is 2.33. The van der Waals surface area contributed by atoms with E-state index in [2.05, 4.69) is 9.88 Å². The number of anilines is 2. The number of amides is 2. The van der Waals surface area contributed by atoms with Gasteiger partial charge in [0.05, 0.1) is 19.3 Å². The third-order valence-electron chi connectivity index (χ3n) is 5.88. The van der Waals surface area contributed by atoms with Crippen molar-refractivity contribution < 1.29 is 19.1 Å². The number of aromatic nitrogens is 1. The lowest BCUT2D eigenvalue weighted by Crippen LogP contribution is -2.48. The number of benzene rings is 2. The minimum atomic E-state index is -0.119. The number of piperazine rings is 1. The molecule has 0 bridgehead atoms. The smallest absolute Gasteiger partial charge is 0.273 e. The topological polar surface area (TPSA) is 75.2 Å². The zero-order valence-corrected chi connectivity index (χ0v) is 19.1. The van der Waals surface area contributed by atoms with Gasteiger partial charge in [-0.3, -0.25) is 14.5 Å². The van der Waals surface area contributed by atoms with E-state index >= 15 is 0 Å². The largest absolute Gasteiger partial charge is 0.497 e. The number of hydrogen-bond donors (Lipinski definition) is 0. The average Bonchev–Trinajstić information content (AvgIpc) is 3.34. The Morgan fingerprint density at radius 3 is 2.61 bits per heavy atom. The predicted octanol–water partition coefficient (Wildman–Crippen LogP) is 3.04. The van der Waals surface area contributed by atoms with Gasteiger partial charge in [-0.25, -0.2) is 4.98 Å². The average molecular weight is 465 g/mol. The van der Waals surface area contributed by atoms with Crippen LogP contribution in [0.25, 0.3) is 0 Å². The Kier molecular flexibility index (Phi) is 5.87. The van der Waals surface area contributed by atoms with Crippen molar-refractivity contribution in [3.63, 3.8) is 0 Å². The maximum atomic E-state index is 13.0. The number of nitrogens with zero attached hydrogens (tertiary/aromatic N) is 4. The van der Waals surface area contributed by atoms with Gasteiger partial charge in [0, 0.05) is 37.2 Å². The summed E-state index contributed by atoms with van der Waals surface area (Å²) in [6, 6.07) is 15.4. The van der Waals surface area contributed by atoms with E-state index in [9.17, 15) is 9.59 Å². The number of thiazole rings is 1. The first-order valence-electron chi connectivity index (χ1n) is 10.8. The molecule has 1 fully saturated rings. The fraction of sp³-hybridized carbons (Fsp3) is 0.292. The minimum Gasteiger partial charge on any atom is -0.497 e. The van der Waals surface area contributed by atoms with E-state index in [1.807, 2.05) is 53.4 Å². The van der Waals surface area contributed by atoms with Crippen LogP contribution >= 0.6 is 11.3 Å². The number of carbonyl (C=O) groups is 2. The van der Waals surface area contributed by atoms with Gasteiger partial charge in [-0.05, 0) is 36.4 Å². The summed E-state index contributed by atoms with van der Waals surface area (Å²) in [5.74, 6) is 1.32. The van der Waals surface area contributed by atoms with Crippen LogP contribution in [-0.2, 0) is 11.3 Å². The lowest BCUT2D eigenvalue weighted by atomic mass is 10.2. The molecule has 0 aliphatic carbocycles. The van der Waals surface area contributed by atoms with E-state index < -0.39 is 0 Å². The lowest BCUT2D eigenvalue weighted by molar-refractivity contribution is -0.121. The number of para-hydroxylation sites is 2. The summed E-state index contributed by atoms with van der Waals surface area (Å²) in [6.07, 6.45) is 0. The van der Waals surface area contributed by atoms with E-state index in [-0.39, 0.29) is 18.4 Å². The van der Waals surface area contributed by atoms with Gasteiger partial charge in [0.15, 0.2) is 6.61 Å². The SMILES string of the molecule is COc1ccc(N2CCN(C(=O)c3csc(CN4C(=O)COc5ccccc54)n3)CC2)cc1. The first kappa shape index (κ1) is 21.3. The van der Waals surface area contributed by atoms with Crippen LogP contribution in [-0.4, -0.2) is 61.6 Å². The van der Waals surface area contributed by atoms with E-state index in [0.29, 0.717) is 31.1 Å². The summed E-state index contributed by atoms with van der Waals surface area (Å²) < 4.78 is 10.7. The van der Waals surface area contributed by atoms with Gasteiger partial charge in [-0.15, -0.1) is 11.3 Å². The van der Waals surface area contributed by atoms with Gasteiger partial charge in [-0.2, -0.15) is 0 Å². The van der Waals surface area contributed by atoms with Crippen molar-refractivity contribution in [2.75, 3.05) is 49.7 Å². The van der Waals surface area contributed by atoms with E-state index in [1.165, 1.54) is 11.3 Å². The Balaban J connectivity index is 1.22. The van der Waals surface area contributed by atoms with Crippen molar-refractivity contribution in [2.24, 2.45) is 0 Å². The second-order valence-corrected chi connectivity index (χ2v) is 8.78. The summed E-state index contributed by atoms with van der Waals surface area (Å²) in [5.41, 5.74) is 2.28. The number of fused-ring (bicyclic) bond motifs is 1. The zero-order valence-electron chi connectivity index (χ0n) is 18.3. The number of ether oxygens (including phenoxy) is 2. The molecular formula is C24H24N4O4S. The summed E-state index contributed by atoms with van der Waals surface area (Å²) in [4.78, 5) is 35.8. The minimum absolute atomic E-state index is 0.00660. The molecule has 9 heteroatoms. The molecule has 0 spiro atoms. The van der Waals surface area contributed by atoms with Crippen LogP contribution in [0.5, 0.6) is 11.5 Å². The van der Waals surface area contributed by atoms with Crippen molar-refractivity contribution in [2.45, 2.75) is 6.54 Å². The molecule has 0 unspecified atom stereocenters. The molecule has 8 nitrogen and oxygen atoms in total. The standard InChI is InChI=1S/C24H24N4O4S/c1-31-18-8-6-17(7-9-18)26-10-12-27(13-11-26)24(30)19-16-33-22(25-19)14-28-20-4-2-3-5-21(20)32-15-23(28)29/h2-9,16H,10-15H2,1H3. The Morgan fingerprint density at radius 1 is 1.09 bits per heavy atom. The van der Waals surface area contributed by atoms with Crippen molar-refractivity contribution in [1.29, 1.82) is 0 Å². The summed E-state index contributed by atoms with van der Waals surface area (Å²) in [5, 5.41) is 2.50. The molecule has 2 aliphatic heterocycles. The van der Waals surface area contributed by atoms with Gasteiger partial charge >= 0.3 is 0 Å². The van der Waals surface area contributed by atoms with Crippen molar-refractivity contribution >= 4 is 34.5 Å². The van der Waals surface area contributed by atoms with E-state index in [0.717, 1.165) is 35.2 Å². The Morgan fingerprint density at radius 2 is 1.85 bits per heavy atom.